The molecule has 82 valence electrons. The Morgan fingerprint density at radius 1 is 1.53 bits per heavy atom. The van der Waals surface area contributed by atoms with Crippen LogP contribution in [0.25, 0.3) is 0 Å². The molecule has 2 N–H and O–H groups in total. The van der Waals surface area contributed by atoms with E-state index < -0.39 is 23.2 Å². The number of carbonyl (C=O) groups excluding carboxylic acids is 1. The van der Waals surface area contributed by atoms with Gasteiger partial charge in [-0.15, -0.1) is 0 Å². The number of rotatable bonds is 2. The number of nitrogen functional groups attached to an aromatic ring is 1. The van der Waals surface area contributed by atoms with Gasteiger partial charge in [0.05, 0.1) is 12.3 Å². The minimum absolute atomic E-state index is 0.0134. The van der Waals surface area contributed by atoms with E-state index in [-0.39, 0.29) is 17.9 Å². The number of benzene rings is 1. The molecule has 0 heterocycles. The quantitative estimate of drug-likeness (QED) is 0.606. The average Bonchev–Trinajstić information content (AvgIpc) is 2.20. The van der Waals surface area contributed by atoms with Gasteiger partial charge >= 0.3 is 5.97 Å². The molecule has 0 amide bonds. The van der Waals surface area contributed by atoms with Crippen LogP contribution in [0, 0.1) is 18.6 Å². The van der Waals surface area contributed by atoms with E-state index in [2.05, 4.69) is 4.74 Å². The first-order valence-corrected chi connectivity index (χ1v) is 4.40. The van der Waals surface area contributed by atoms with Crippen molar-refractivity contribution in [2.75, 3.05) is 12.3 Å². The molecule has 1 rings (SSSR count). The van der Waals surface area contributed by atoms with Crippen LogP contribution in [0.1, 0.15) is 22.8 Å². The van der Waals surface area contributed by atoms with Crippen LogP contribution < -0.4 is 5.73 Å². The molecule has 5 heteroatoms. The highest BCUT2D eigenvalue weighted by Gasteiger charge is 2.19. The second-order valence-corrected chi connectivity index (χ2v) is 2.98. The number of hydrogen-bond acceptors (Lipinski definition) is 3. The number of halogens is 2. The monoisotopic (exact) mass is 215 g/mol. The molecule has 1 aromatic rings. The molecule has 0 saturated carbocycles. The lowest BCUT2D eigenvalue weighted by Gasteiger charge is -2.08. The Balaban J connectivity index is 3.26. The maximum atomic E-state index is 13.4. The molecule has 1 aromatic carbocycles. The molecular formula is C10H11F2NO2. The van der Waals surface area contributed by atoms with Crippen molar-refractivity contribution in [3.05, 3.63) is 28.8 Å². The second kappa shape index (κ2) is 4.25. The van der Waals surface area contributed by atoms with Crippen molar-refractivity contribution in [2.24, 2.45) is 0 Å². The van der Waals surface area contributed by atoms with E-state index >= 15 is 0 Å². The standard InChI is InChI=1S/C10H11F2NO2/c1-3-15-10(14)6-4-7(11)5(2)9(13)8(6)12/h4H,3,13H2,1-2H3. The number of nitrogens with two attached hydrogens (primary N) is 1. The fraction of sp³-hybridized carbons (Fsp3) is 0.300. The van der Waals surface area contributed by atoms with Crippen LogP contribution in [0.3, 0.4) is 0 Å². The topological polar surface area (TPSA) is 52.3 Å². The predicted molar refractivity (Wildman–Crippen MR) is 51.5 cm³/mol. The van der Waals surface area contributed by atoms with E-state index in [4.69, 9.17) is 5.73 Å². The van der Waals surface area contributed by atoms with Crippen LogP contribution >= 0.6 is 0 Å². The van der Waals surface area contributed by atoms with Gasteiger partial charge in [-0.1, -0.05) is 0 Å². The molecule has 0 spiro atoms. The third-order valence-corrected chi connectivity index (χ3v) is 2.00. The smallest absolute Gasteiger partial charge is 0.341 e. The molecule has 0 saturated heterocycles. The summed E-state index contributed by atoms with van der Waals surface area (Å²) in [7, 11) is 0. The summed E-state index contributed by atoms with van der Waals surface area (Å²) >= 11 is 0. The van der Waals surface area contributed by atoms with Gasteiger partial charge in [-0.05, 0) is 19.9 Å². The highest BCUT2D eigenvalue weighted by Crippen LogP contribution is 2.23. The van der Waals surface area contributed by atoms with Crippen molar-refractivity contribution in [2.45, 2.75) is 13.8 Å². The first-order valence-electron chi connectivity index (χ1n) is 4.40. The Kier molecular flexibility index (Phi) is 3.24. The van der Waals surface area contributed by atoms with Crippen LogP contribution in [-0.2, 0) is 4.74 Å². The van der Waals surface area contributed by atoms with Crippen LogP contribution in [0.5, 0.6) is 0 Å². The number of ether oxygens (including phenoxy) is 1. The van der Waals surface area contributed by atoms with Crippen molar-refractivity contribution >= 4 is 11.7 Å². The number of anilines is 1. The average molecular weight is 215 g/mol. The molecule has 3 nitrogen and oxygen atoms in total. The highest BCUT2D eigenvalue weighted by atomic mass is 19.1. The Morgan fingerprint density at radius 3 is 2.67 bits per heavy atom. The van der Waals surface area contributed by atoms with Gasteiger partial charge < -0.3 is 10.5 Å². The van der Waals surface area contributed by atoms with Gasteiger partial charge in [-0.3, -0.25) is 0 Å². The van der Waals surface area contributed by atoms with Gasteiger partial charge in [0.2, 0.25) is 0 Å². The summed E-state index contributed by atoms with van der Waals surface area (Å²) < 4.78 is 31.1. The number of carbonyl (C=O) groups is 1. The van der Waals surface area contributed by atoms with E-state index in [9.17, 15) is 13.6 Å². The Bertz CT molecular complexity index is 405. The minimum Gasteiger partial charge on any atom is -0.462 e. The third kappa shape index (κ3) is 2.06. The summed E-state index contributed by atoms with van der Waals surface area (Å²) in [5.41, 5.74) is 4.44. The zero-order chi connectivity index (χ0) is 11.6. The summed E-state index contributed by atoms with van der Waals surface area (Å²) in [5, 5.41) is 0. The molecule has 15 heavy (non-hydrogen) atoms. The molecule has 0 fully saturated rings. The highest BCUT2D eigenvalue weighted by molar-refractivity contribution is 5.91. The fourth-order valence-corrected chi connectivity index (χ4v) is 1.09. The van der Waals surface area contributed by atoms with Crippen LogP contribution in [0.2, 0.25) is 0 Å². The van der Waals surface area contributed by atoms with E-state index in [1.807, 2.05) is 0 Å². The van der Waals surface area contributed by atoms with Gasteiger partial charge in [0.1, 0.15) is 11.4 Å². The largest absolute Gasteiger partial charge is 0.462 e. The van der Waals surface area contributed by atoms with E-state index in [1.165, 1.54) is 6.92 Å². The molecule has 0 aromatic heterocycles. The molecule has 0 unspecified atom stereocenters. The lowest BCUT2D eigenvalue weighted by atomic mass is 10.1. The summed E-state index contributed by atoms with van der Waals surface area (Å²) in [6.07, 6.45) is 0. The lowest BCUT2D eigenvalue weighted by Crippen LogP contribution is -2.11. The van der Waals surface area contributed by atoms with E-state index in [1.54, 1.807) is 6.92 Å². The van der Waals surface area contributed by atoms with Gasteiger partial charge in [-0.2, -0.15) is 0 Å². The Morgan fingerprint density at radius 2 is 2.13 bits per heavy atom. The predicted octanol–water partition coefficient (Wildman–Crippen LogP) is 2.03. The summed E-state index contributed by atoms with van der Waals surface area (Å²) in [6, 6.07) is 0.791. The van der Waals surface area contributed by atoms with Crippen molar-refractivity contribution in [3.63, 3.8) is 0 Å². The molecule has 0 bridgehead atoms. The normalized spacial score (nSPS) is 10.1. The van der Waals surface area contributed by atoms with Crippen LogP contribution in [0.15, 0.2) is 6.07 Å². The molecule has 0 aliphatic rings. The molecule has 0 aliphatic heterocycles. The maximum Gasteiger partial charge on any atom is 0.341 e. The lowest BCUT2D eigenvalue weighted by molar-refractivity contribution is 0.0520. The molecule has 0 atom stereocenters. The van der Waals surface area contributed by atoms with Gasteiger partial charge in [0.25, 0.3) is 0 Å². The summed E-state index contributed by atoms with van der Waals surface area (Å²) in [5.74, 6) is -2.58. The van der Waals surface area contributed by atoms with Gasteiger partial charge in [0.15, 0.2) is 5.82 Å². The minimum atomic E-state index is -0.938. The number of esters is 1. The van der Waals surface area contributed by atoms with Gasteiger partial charge in [-0.25, -0.2) is 13.6 Å². The van der Waals surface area contributed by atoms with Crippen molar-refractivity contribution < 1.29 is 18.3 Å². The zero-order valence-electron chi connectivity index (χ0n) is 8.43. The first-order chi connectivity index (χ1) is 6.99. The summed E-state index contributed by atoms with van der Waals surface area (Å²) in [4.78, 5) is 11.2. The Labute approximate surface area is 85.8 Å². The molecule has 0 aliphatic carbocycles. The third-order valence-electron chi connectivity index (χ3n) is 2.00. The number of hydrogen-bond donors (Lipinski definition) is 1. The van der Waals surface area contributed by atoms with E-state index in [0.717, 1.165) is 6.07 Å². The maximum absolute atomic E-state index is 13.4. The first kappa shape index (κ1) is 11.4. The van der Waals surface area contributed by atoms with Crippen LogP contribution in [0.4, 0.5) is 14.5 Å². The fourth-order valence-electron chi connectivity index (χ4n) is 1.09. The molecule has 0 radical (unpaired) electrons. The second-order valence-electron chi connectivity index (χ2n) is 2.98. The zero-order valence-corrected chi connectivity index (χ0v) is 8.43. The SMILES string of the molecule is CCOC(=O)c1cc(F)c(C)c(N)c1F. The van der Waals surface area contributed by atoms with Gasteiger partial charge in [0, 0.05) is 5.56 Å². The van der Waals surface area contributed by atoms with Crippen molar-refractivity contribution in [1.82, 2.24) is 0 Å². The van der Waals surface area contributed by atoms with E-state index in [0.29, 0.717) is 0 Å². The van der Waals surface area contributed by atoms with Crippen molar-refractivity contribution in [1.29, 1.82) is 0 Å². The summed E-state index contributed by atoms with van der Waals surface area (Å²) in [6.45, 7) is 3.00. The molecular weight excluding hydrogens is 204 g/mol. The van der Waals surface area contributed by atoms with Crippen LogP contribution in [-0.4, -0.2) is 12.6 Å². The van der Waals surface area contributed by atoms with Crippen molar-refractivity contribution in [3.8, 4) is 0 Å². The Hall–Kier alpha value is -1.65.